The molecule has 9 nitrogen and oxygen atoms in total. The second-order valence-electron chi connectivity index (χ2n) is 2.66. The van der Waals surface area contributed by atoms with Gasteiger partial charge in [0.05, 0.1) is 9.85 Å². The fourth-order valence-electron chi connectivity index (χ4n) is 1.07. The van der Waals surface area contributed by atoms with E-state index in [0.717, 1.165) is 6.07 Å². The smallest absolute Gasteiger partial charge is 0.346 e. The van der Waals surface area contributed by atoms with E-state index >= 15 is 0 Å². The maximum Gasteiger partial charge on any atom is 0.346 e. The summed E-state index contributed by atoms with van der Waals surface area (Å²) in [7, 11) is 0. The van der Waals surface area contributed by atoms with Gasteiger partial charge in [-0.2, -0.15) is 5.26 Å². The molecule has 0 aliphatic heterocycles. The third-order valence-electron chi connectivity index (χ3n) is 1.75. The molecule has 10 heteroatoms. The molecule has 0 fully saturated rings. The molecule has 0 aliphatic rings. The van der Waals surface area contributed by atoms with Gasteiger partial charge in [-0.15, -0.1) is 0 Å². The number of nitriles is 1. The SMILES string of the molecule is N#CSc1cc([NH+]=[N-])c([N+](=O)[O-])cc1[N+](=O)[O-]. The molecule has 0 saturated carbocycles. The van der Waals surface area contributed by atoms with Gasteiger partial charge in [0.2, 0.25) is 0 Å². The Kier molecular flexibility index (Phi) is 3.68. The summed E-state index contributed by atoms with van der Waals surface area (Å²) in [5, 5.41) is 32.8. The number of rotatable bonds is 4. The molecule has 0 aromatic heterocycles. The average Bonchev–Trinajstić information content (AvgIpc) is 2.28. The van der Waals surface area contributed by atoms with E-state index in [9.17, 15) is 20.2 Å². The molecule has 0 bridgehead atoms. The maximum absolute atomic E-state index is 10.6. The Morgan fingerprint density at radius 1 is 1.29 bits per heavy atom. The first-order valence-corrected chi connectivity index (χ1v) is 4.75. The quantitative estimate of drug-likeness (QED) is 0.276. The van der Waals surface area contributed by atoms with Gasteiger partial charge in [-0.3, -0.25) is 25.3 Å². The van der Waals surface area contributed by atoms with Crippen LogP contribution in [-0.4, -0.2) is 9.85 Å². The lowest BCUT2D eigenvalue weighted by Gasteiger charge is -1.99. The Morgan fingerprint density at radius 2 is 1.88 bits per heavy atom. The largest absolute Gasteiger partial charge is 0.502 e. The lowest BCUT2D eigenvalue weighted by Crippen LogP contribution is -2.54. The van der Waals surface area contributed by atoms with Gasteiger partial charge in [-0.25, -0.2) is 0 Å². The summed E-state index contributed by atoms with van der Waals surface area (Å²) in [6.07, 6.45) is 0. The Balaban J connectivity index is 3.54. The van der Waals surface area contributed by atoms with E-state index < -0.39 is 21.2 Å². The molecule has 1 aromatic carbocycles. The van der Waals surface area contributed by atoms with Crippen molar-refractivity contribution in [1.82, 2.24) is 0 Å². The predicted molar refractivity (Wildman–Crippen MR) is 55.2 cm³/mol. The number of nitro groups is 2. The van der Waals surface area contributed by atoms with Crippen LogP contribution < -0.4 is 5.11 Å². The molecule has 0 heterocycles. The van der Waals surface area contributed by atoms with Crippen molar-refractivity contribution in [3.05, 3.63) is 37.9 Å². The predicted octanol–water partition coefficient (Wildman–Crippen LogP) is 0.810. The Hall–Kier alpha value is -2.54. The minimum absolute atomic E-state index is 0.0975. The van der Waals surface area contributed by atoms with Gasteiger partial charge >= 0.3 is 5.69 Å². The van der Waals surface area contributed by atoms with Crippen LogP contribution in [0.2, 0.25) is 0 Å². The van der Waals surface area contributed by atoms with E-state index in [0.29, 0.717) is 17.8 Å². The highest BCUT2D eigenvalue weighted by atomic mass is 32.2. The van der Waals surface area contributed by atoms with E-state index in [4.69, 9.17) is 10.8 Å². The molecule has 1 aromatic rings. The van der Waals surface area contributed by atoms with E-state index in [1.54, 1.807) is 10.5 Å². The number of thiocyanates is 1. The Bertz CT molecular complexity index is 552. The molecule has 1 N–H and O–H groups in total. The third kappa shape index (κ3) is 2.52. The molecule has 86 valence electrons. The first-order valence-electron chi connectivity index (χ1n) is 3.94. The first kappa shape index (κ1) is 12.5. The molecule has 0 atom stereocenters. The van der Waals surface area contributed by atoms with Crippen LogP contribution in [0.1, 0.15) is 0 Å². The number of nitro benzene ring substituents is 2. The number of benzene rings is 1. The van der Waals surface area contributed by atoms with Gasteiger partial charge in [-0.05, 0) is 11.8 Å². The summed E-state index contributed by atoms with van der Waals surface area (Å²) in [6, 6.07) is 1.64. The van der Waals surface area contributed by atoms with Crippen LogP contribution >= 0.6 is 11.8 Å². The zero-order valence-corrected chi connectivity index (χ0v) is 8.80. The second-order valence-corrected chi connectivity index (χ2v) is 3.48. The Morgan fingerprint density at radius 3 is 2.29 bits per heavy atom. The summed E-state index contributed by atoms with van der Waals surface area (Å²) in [5.74, 6) is 0. The third-order valence-corrected chi connectivity index (χ3v) is 2.38. The Labute approximate surface area is 97.9 Å². The fourth-order valence-corrected chi connectivity index (χ4v) is 1.58. The molecule has 0 amide bonds. The van der Waals surface area contributed by atoms with Crippen molar-refractivity contribution in [2.24, 2.45) is 0 Å². The van der Waals surface area contributed by atoms with E-state index in [1.807, 2.05) is 0 Å². The van der Waals surface area contributed by atoms with Crippen LogP contribution in [0.3, 0.4) is 0 Å². The van der Waals surface area contributed by atoms with Crippen LogP contribution in [0.5, 0.6) is 0 Å². The zero-order valence-electron chi connectivity index (χ0n) is 7.98. The van der Waals surface area contributed by atoms with Crippen LogP contribution in [0, 0.1) is 30.9 Å². The standard InChI is InChI=1S/C7H3N5O4S/c8-3-17-7-1-4(10-9)5(11(13)14)2-6(7)12(15)16/h1-2,10H. The van der Waals surface area contributed by atoms with Crippen LogP contribution in [-0.2, 0) is 0 Å². The molecule has 17 heavy (non-hydrogen) atoms. The lowest BCUT2D eigenvalue weighted by molar-refractivity contribution is -0.424. The minimum atomic E-state index is -0.883. The van der Waals surface area contributed by atoms with Gasteiger partial charge in [0, 0.05) is 6.07 Å². The molecule has 0 radical (unpaired) electrons. The van der Waals surface area contributed by atoms with Gasteiger partial charge < -0.3 is 5.53 Å². The zero-order chi connectivity index (χ0) is 13.0. The van der Waals surface area contributed by atoms with Crippen molar-refractivity contribution < 1.29 is 15.0 Å². The van der Waals surface area contributed by atoms with Crippen LogP contribution in [0.15, 0.2) is 17.0 Å². The fraction of sp³-hybridized carbons (Fsp3) is 0. The van der Waals surface area contributed by atoms with Gasteiger partial charge in [0.1, 0.15) is 16.4 Å². The summed E-state index contributed by atoms with van der Waals surface area (Å²) in [6.45, 7) is 0. The number of hydrogen-bond acceptors (Lipinski definition) is 6. The van der Waals surface area contributed by atoms with Crippen LogP contribution in [0.4, 0.5) is 17.1 Å². The van der Waals surface area contributed by atoms with E-state index in [1.165, 1.54) is 0 Å². The molecular weight excluding hydrogens is 250 g/mol. The molecule has 0 spiro atoms. The van der Waals surface area contributed by atoms with Gasteiger partial charge in [-0.1, -0.05) is 0 Å². The number of hydrogen-bond donors (Lipinski definition) is 1. The second kappa shape index (κ2) is 4.99. The van der Waals surface area contributed by atoms with E-state index in [2.05, 4.69) is 0 Å². The number of thioether (sulfide) groups is 1. The highest BCUT2D eigenvalue weighted by Gasteiger charge is 2.26. The molecular formula is C7H3N5O4S. The highest BCUT2D eigenvalue weighted by molar-refractivity contribution is 8.03. The summed E-state index contributed by atoms with van der Waals surface area (Å²) in [4.78, 5) is 19.4. The maximum atomic E-state index is 10.6. The van der Waals surface area contributed by atoms with Crippen molar-refractivity contribution in [3.63, 3.8) is 0 Å². The lowest BCUT2D eigenvalue weighted by atomic mass is 10.2. The number of nitrogens with one attached hydrogen (secondary N) is 1. The van der Waals surface area contributed by atoms with Gasteiger partial charge in [0.15, 0.2) is 0 Å². The number of nitrogens with zero attached hydrogens (tertiary/aromatic N) is 4. The summed E-state index contributed by atoms with van der Waals surface area (Å²) >= 11 is 0.470. The summed E-state index contributed by atoms with van der Waals surface area (Å²) in [5.41, 5.74) is 7.13. The highest BCUT2D eigenvalue weighted by Crippen LogP contribution is 2.35. The summed E-state index contributed by atoms with van der Waals surface area (Å²) < 4.78 is 0. The van der Waals surface area contributed by atoms with Crippen molar-refractivity contribution in [1.29, 1.82) is 5.26 Å². The van der Waals surface area contributed by atoms with Crippen molar-refractivity contribution in [2.45, 2.75) is 4.90 Å². The van der Waals surface area contributed by atoms with E-state index in [-0.39, 0.29) is 10.6 Å². The van der Waals surface area contributed by atoms with Crippen molar-refractivity contribution in [3.8, 4) is 5.40 Å². The minimum Gasteiger partial charge on any atom is -0.502 e. The normalized spacial score (nSPS) is 9.35. The topological polar surface area (TPSA) is 146 Å². The molecule has 0 unspecified atom stereocenters. The van der Waals surface area contributed by atoms with Crippen molar-refractivity contribution in [2.75, 3.05) is 0 Å². The monoisotopic (exact) mass is 253 g/mol. The van der Waals surface area contributed by atoms with Crippen molar-refractivity contribution >= 4 is 28.8 Å². The van der Waals surface area contributed by atoms with Gasteiger partial charge in [0.25, 0.3) is 11.4 Å². The molecule has 0 aliphatic carbocycles. The van der Waals surface area contributed by atoms with Crippen LogP contribution in [0.25, 0.3) is 5.53 Å². The first-order chi connectivity index (χ1) is 8.01. The average molecular weight is 253 g/mol. The molecule has 1 rings (SSSR count). The molecule has 0 saturated heterocycles.